The van der Waals surface area contributed by atoms with Gasteiger partial charge in [-0.05, 0) is 32.0 Å². The molecule has 0 aliphatic rings. The lowest BCUT2D eigenvalue weighted by Crippen LogP contribution is -2.08. The van der Waals surface area contributed by atoms with Gasteiger partial charge < -0.3 is 15.8 Å². The third-order valence-electron chi connectivity index (χ3n) is 2.42. The van der Waals surface area contributed by atoms with E-state index in [4.69, 9.17) is 10.5 Å². The Morgan fingerprint density at radius 1 is 1.53 bits per heavy atom. The summed E-state index contributed by atoms with van der Waals surface area (Å²) >= 11 is 1.54. The van der Waals surface area contributed by atoms with E-state index in [1.54, 1.807) is 42.7 Å². The molecular weight excluding hydrogens is 262 g/mol. The summed E-state index contributed by atoms with van der Waals surface area (Å²) in [7, 11) is 0. The molecule has 0 amide bonds. The monoisotopic (exact) mass is 277 g/mol. The van der Waals surface area contributed by atoms with Crippen LogP contribution in [0.25, 0.3) is 0 Å². The molecule has 0 unspecified atom stereocenters. The minimum Gasteiger partial charge on any atom is -0.462 e. The van der Waals surface area contributed by atoms with Gasteiger partial charge in [0.1, 0.15) is 0 Å². The normalized spacial score (nSPS) is 10.2. The first-order valence-corrected chi connectivity index (χ1v) is 6.68. The lowest BCUT2D eigenvalue weighted by molar-refractivity contribution is 0.0527. The molecule has 0 fully saturated rings. The molecule has 19 heavy (non-hydrogen) atoms. The Kier molecular flexibility index (Phi) is 4.01. The summed E-state index contributed by atoms with van der Waals surface area (Å²) in [5, 5.41) is 3.91. The number of nitrogen functional groups attached to an aromatic ring is 1. The Balaban J connectivity index is 2.23. The number of nitrogens with two attached hydrogens (primary N) is 1. The molecule has 6 heteroatoms. The number of anilines is 3. The van der Waals surface area contributed by atoms with Crippen LogP contribution in [0.3, 0.4) is 0 Å². The van der Waals surface area contributed by atoms with Crippen LogP contribution in [0.4, 0.5) is 16.5 Å². The van der Waals surface area contributed by atoms with Gasteiger partial charge in [-0.15, -0.1) is 11.3 Å². The number of hydrogen-bond donors (Lipinski definition) is 2. The van der Waals surface area contributed by atoms with E-state index in [1.165, 1.54) is 0 Å². The number of nitrogens with zero attached hydrogens (tertiary/aromatic N) is 1. The van der Waals surface area contributed by atoms with Crippen molar-refractivity contribution in [2.24, 2.45) is 0 Å². The highest BCUT2D eigenvalue weighted by molar-refractivity contribution is 7.15. The number of rotatable bonds is 4. The highest BCUT2D eigenvalue weighted by Crippen LogP contribution is 2.25. The number of hydrogen-bond acceptors (Lipinski definition) is 6. The van der Waals surface area contributed by atoms with Gasteiger partial charge in [0.25, 0.3) is 0 Å². The number of esters is 1. The van der Waals surface area contributed by atoms with Crippen molar-refractivity contribution in [2.45, 2.75) is 13.8 Å². The maximum absolute atomic E-state index is 11.7. The largest absolute Gasteiger partial charge is 0.462 e. The third kappa shape index (κ3) is 3.23. The zero-order valence-corrected chi connectivity index (χ0v) is 11.6. The number of ether oxygens (including phenoxy) is 1. The molecule has 0 bridgehead atoms. The van der Waals surface area contributed by atoms with Gasteiger partial charge in [0.2, 0.25) is 0 Å². The molecule has 0 aliphatic carbocycles. The first kappa shape index (κ1) is 13.4. The van der Waals surface area contributed by atoms with Gasteiger partial charge in [-0.3, -0.25) is 0 Å². The Morgan fingerprint density at radius 2 is 2.32 bits per heavy atom. The van der Waals surface area contributed by atoms with Crippen molar-refractivity contribution < 1.29 is 9.53 Å². The van der Waals surface area contributed by atoms with Crippen LogP contribution in [-0.2, 0) is 4.74 Å². The second-order valence-corrected chi connectivity index (χ2v) is 5.16. The number of aryl methyl sites for hydroxylation is 1. The second kappa shape index (κ2) is 5.71. The molecule has 0 radical (unpaired) electrons. The van der Waals surface area contributed by atoms with Gasteiger partial charge in [0, 0.05) is 22.4 Å². The third-order valence-corrected chi connectivity index (χ3v) is 3.25. The minimum atomic E-state index is -0.418. The molecule has 1 heterocycles. The van der Waals surface area contributed by atoms with Gasteiger partial charge >= 0.3 is 5.97 Å². The topological polar surface area (TPSA) is 77.2 Å². The molecule has 0 saturated carbocycles. The SMILES string of the molecule is CCOC(=O)c1cc(Nc2ncc(C)s2)ccc1N. The summed E-state index contributed by atoms with van der Waals surface area (Å²) in [6.07, 6.45) is 1.79. The quantitative estimate of drug-likeness (QED) is 0.663. The standard InChI is InChI=1S/C13H15N3O2S/c1-3-18-12(17)10-6-9(4-5-11(10)14)16-13-15-7-8(2)19-13/h4-7H,3,14H2,1-2H3,(H,15,16). The lowest BCUT2D eigenvalue weighted by atomic mass is 10.1. The summed E-state index contributed by atoms with van der Waals surface area (Å²) in [6, 6.07) is 5.15. The predicted molar refractivity (Wildman–Crippen MR) is 76.9 cm³/mol. The second-order valence-electron chi connectivity index (χ2n) is 3.92. The van der Waals surface area contributed by atoms with Crippen molar-refractivity contribution in [1.82, 2.24) is 4.98 Å². The van der Waals surface area contributed by atoms with Crippen LogP contribution in [0.2, 0.25) is 0 Å². The van der Waals surface area contributed by atoms with Crippen LogP contribution >= 0.6 is 11.3 Å². The van der Waals surface area contributed by atoms with Crippen molar-refractivity contribution in [2.75, 3.05) is 17.7 Å². The molecule has 2 rings (SSSR count). The lowest BCUT2D eigenvalue weighted by Gasteiger charge is -2.08. The number of thiazole rings is 1. The highest BCUT2D eigenvalue weighted by atomic mass is 32.1. The fraction of sp³-hybridized carbons (Fsp3) is 0.231. The zero-order chi connectivity index (χ0) is 13.8. The average molecular weight is 277 g/mol. The summed E-state index contributed by atoms with van der Waals surface area (Å²) < 4.78 is 4.96. The molecule has 1 aromatic carbocycles. The van der Waals surface area contributed by atoms with Crippen LogP contribution in [0.1, 0.15) is 22.2 Å². The van der Waals surface area contributed by atoms with E-state index in [-0.39, 0.29) is 0 Å². The van der Waals surface area contributed by atoms with Crippen LogP contribution in [0.15, 0.2) is 24.4 Å². The van der Waals surface area contributed by atoms with Gasteiger partial charge in [-0.25, -0.2) is 9.78 Å². The smallest absolute Gasteiger partial charge is 0.340 e. The van der Waals surface area contributed by atoms with Gasteiger partial charge in [0.05, 0.1) is 12.2 Å². The average Bonchev–Trinajstić information content (AvgIpc) is 2.77. The predicted octanol–water partition coefficient (Wildman–Crippen LogP) is 2.95. The van der Waals surface area contributed by atoms with Crippen molar-refractivity contribution in [3.8, 4) is 0 Å². The van der Waals surface area contributed by atoms with E-state index in [0.717, 1.165) is 15.7 Å². The first-order valence-electron chi connectivity index (χ1n) is 5.86. The fourth-order valence-corrected chi connectivity index (χ4v) is 2.24. The molecule has 0 aliphatic heterocycles. The summed E-state index contributed by atoms with van der Waals surface area (Å²) in [6.45, 7) is 4.06. The fourth-order valence-electron chi connectivity index (χ4n) is 1.56. The van der Waals surface area contributed by atoms with E-state index >= 15 is 0 Å². The van der Waals surface area contributed by atoms with E-state index in [0.29, 0.717) is 17.9 Å². The van der Waals surface area contributed by atoms with Crippen LogP contribution in [0, 0.1) is 6.92 Å². The summed E-state index contributed by atoms with van der Waals surface area (Å²) in [5.74, 6) is -0.418. The Labute approximate surface area is 115 Å². The van der Waals surface area contributed by atoms with Gasteiger partial charge in [-0.2, -0.15) is 0 Å². The van der Waals surface area contributed by atoms with Crippen LogP contribution in [-0.4, -0.2) is 17.6 Å². The van der Waals surface area contributed by atoms with Crippen LogP contribution in [0.5, 0.6) is 0 Å². The Morgan fingerprint density at radius 3 is 2.95 bits per heavy atom. The van der Waals surface area contributed by atoms with Crippen molar-refractivity contribution in [3.63, 3.8) is 0 Å². The Hall–Kier alpha value is -2.08. The van der Waals surface area contributed by atoms with E-state index < -0.39 is 5.97 Å². The Bertz CT molecular complexity index is 595. The summed E-state index contributed by atoms with van der Waals surface area (Å²) in [4.78, 5) is 17.0. The molecule has 1 aromatic heterocycles. The number of carbonyl (C=O) groups is 1. The number of carbonyl (C=O) groups excluding carboxylic acids is 1. The van der Waals surface area contributed by atoms with E-state index in [2.05, 4.69) is 10.3 Å². The summed E-state index contributed by atoms with van der Waals surface area (Å²) in [5.41, 5.74) is 7.30. The highest BCUT2D eigenvalue weighted by Gasteiger charge is 2.12. The molecule has 100 valence electrons. The number of benzene rings is 1. The first-order chi connectivity index (χ1) is 9.10. The van der Waals surface area contributed by atoms with Gasteiger partial charge in [0.15, 0.2) is 5.13 Å². The van der Waals surface area contributed by atoms with Crippen molar-refractivity contribution in [1.29, 1.82) is 0 Å². The van der Waals surface area contributed by atoms with Crippen molar-refractivity contribution >= 4 is 33.8 Å². The molecular formula is C13H15N3O2S. The molecule has 5 nitrogen and oxygen atoms in total. The molecule has 3 N–H and O–H groups in total. The number of aromatic nitrogens is 1. The zero-order valence-electron chi connectivity index (χ0n) is 10.8. The minimum absolute atomic E-state index is 0.321. The molecule has 2 aromatic rings. The molecule has 0 spiro atoms. The van der Waals surface area contributed by atoms with E-state index in [1.807, 2.05) is 6.92 Å². The maximum atomic E-state index is 11.7. The molecule has 0 atom stereocenters. The van der Waals surface area contributed by atoms with Gasteiger partial charge in [-0.1, -0.05) is 0 Å². The van der Waals surface area contributed by atoms with E-state index in [9.17, 15) is 4.79 Å². The maximum Gasteiger partial charge on any atom is 0.340 e. The molecule has 0 saturated heterocycles. The van der Waals surface area contributed by atoms with Crippen molar-refractivity contribution in [3.05, 3.63) is 34.8 Å². The van der Waals surface area contributed by atoms with Crippen LogP contribution < -0.4 is 11.1 Å². The number of nitrogens with one attached hydrogen (secondary N) is 1.